The maximum Gasteiger partial charge on any atom is 0.271 e. The van der Waals surface area contributed by atoms with Crippen LogP contribution >= 0.6 is 0 Å². The van der Waals surface area contributed by atoms with Gasteiger partial charge in [-0.15, -0.1) is 0 Å². The van der Waals surface area contributed by atoms with Crippen molar-refractivity contribution in [1.82, 2.24) is 14.9 Å². The summed E-state index contributed by atoms with van der Waals surface area (Å²) < 4.78 is 7.09. The van der Waals surface area contributed by atoms with E-state index in [1.54, 1.807) is 24.2 Å². The van der Waals surface area contributed by atoms with Gasteiger partial charge in [-0.1, -0.05) is 12.1 Å². The number of methoxy groups -OCH3 is 1. The van der Waals surface area contributed by atoms with Crippen LogP contribution in [0.3, 0.4) is 0 Å². The Hall–Kier alpha value is -2.30. The molecule has 0 atom stereocenters. The van der Waals surface area contributed by atoms with Crippen LogP contribution in [0.4, 0.5) is 0 Å². The van der Waals surface area contributed by atoms with Gasteiger partial charge in [0.05, 0.1) is 12.8 Å². The maximum absolute atomic E-state index is 11.9. The van der Waals surface area contributed by atoms with E-state index in [4.69, 9.17) is 4.74 Å². The lowest BCUT2D eigenvalue weighted by atomic mass is 10.3. The number of para-hydroxylation sites is 2. The molecule has 5 nitrogen and oxygen atoms in total. The molecule has 1 aromatic heterocycles. The monoisotopic (exact) mass is 257 g/mol. The third-order valence-corrected chi connectivity index (χ3v) is 3.09. The first-order valence-corrected chi connectivity index (χ1v) is 6.26. The highest BCUT2D eigenvalue weighted by Crippen LogP contribution is 2.22. The molecule has 1 amide bonds. The van der Waals surface area contributed by atoms with Crippen molar-refractivity contribution in [3.05, 3.63) is 42.5 Å². The van der Waals surface area contributed by atoms with E-state index in [0.29, 0.717) is 11.7 Å². The van der Waals surface area contributed by atoms with E-state index in [1.807, 2.05) is 24.3 Å². The third-order valence-electron chi connectivity index (χ3n) is 3.09. The van der Waals surface area contributed by atoms with Crippen LogP contribution in [0, 0.1) is 0 Å². The molecule has 3 rings (SSSR count). The first-order valence-electron chi connectivity index (χ1n) is 6.26. The van der Waals surface area contributed by atoms with Crippen molar-refractivity contribution >= 4 is 5.91 Å². The van der Waals surface area contributed by atoms with Crippen molar-refractivity contribution in [1.29, 1.82) is 0 Å². The van der Waals surface area contributed by atoms with E-state index in [1.165, 1.54) is 0 Å². The van der Waals surface area contributed by atoms with Gasteiger partial charge in [0.25, 0.3) is 5.91 Å². The Balaban J connectivity index is 1.85. The molecule has 1 saturated carbocycles. The smallest absolute Gasteiger partial charge is 0.271 e. The van der Waals surface area contributed by atoms with Crippen molar-refractivity contribution in [2.45, 2.75) is 18.9 Å². The van der Waals surface area contributed by atoms with Gasteiger partial charge in [0, 0.05) is 12.2 Å². The number of rotatable bonds is 4. The lowest BCUT2D eigenvalue weighted by Crippen LogP contribution is -2.25. The van der Waals surface area contributed by atoms with E-state index in [9.17, 15) is 4.79 Å². The molecule has 1 aliphatic rings. The summed E-state index contributed by atoms with van der Waals surface area (Å²) in [5.74, 6) is 0.630. The number of aromatic nitrogens is 2. The predicted octanol–water partition coefficient (Wildman–Crippen LogP) is 1.77. The van der Waals surface area contributed by atoms with E-state index in [2.05, 4.69) is 10.3 Å². The van der Waals surface area contributed by atoms with Gasteiger partial charge in [0.2, 0.25) is 0 Å². The summed E-state index contributed by atoms with van der Waals surface area (Å²) in [7, 11) is 1.62. The summed E-state index contributed by atoms with van der Waals surface area (Å²) in [4.78, 5) is 16.0. The van der Waals surface area contributed by atoms with Crippen LogP contribution in [0.5, 0.6) is 5.75 Å². The number of hydrogen-bond acceptors (Lipinski definition) is 3. The number of benzene rings is 1. The molecule has 98 valence electrons. The largest absolute Gasteiger partial charge is 0.495 e. The van der Waals surface area contributed by atoms with Crippen molar-refractivity contribution in [3.63, 3.8) is 0 Å². The molecule has 5 heteroatoms. The molecule has 0 radical (unpaired) electrons. The van der Waals surface area contributed by atoms with Crippen LogP contribution in [0.25, 0.3) is 5.69 Å². The van der Waals surface area contributed by atoms with Crippen molar-refractivity contribution < 1.29 is 9.53 Å². The SMILES string of the molecule is COc1ccccc1-n1cnc(C(=O)NC2CC2)c1. The molecular formula is C14H15N3O2. The number of nitrogens with one attached hydrogen (secondary N) is 1. The van der Waals surface area contributed by atoms with Crippen molar-refractivity contribution in [2.24, 2.45) is 0 Å². The molecule has 0 saturated heterocycles. The zero-order valence-electron chi connectivity index (χ0n) is 10.7. The van der Waals surface area contributed by atoms with Gasteiger partial charge in [0.1, 0.15) is 17.8 Å². The van der Waals surface area contributed by atoms with Crippen molar-refractivity contribution in [3.8, 4) is 11.4 Å². The van der Waals surface area contributed by atoms with Gasteiger partial charge in [-0.05, 0) is 25.0 Å². The van der Waals surface area contributed by atoms with Gasteiger partial charge in [-0.3, -0.25) is 4.79 Å². The lowest BCUT2D eigenvalue weighted by Gasteiger charge is -2.07. The second-order valence-electron chi connectivity index (χ2n) is 4.59. The van der Waals surface area contributed by atoms with Crippen LogP contribution < -0.4 is 10.1 Å². The second kappa shape index (κ2) is 4.76. The molecule has 1 aliphatic carbocycles. The van der Waals surface area contributed by atoms with Gasteiger partial charge in [-0.2, -0.15) is 0 Å². The van der Waals surface area contributed by atoms with Crippen LogP contribution in [-0.4, -0.2) is 28.6 Å². The number of amides is 1. The Morgan fingerprint density at radius 2 is 2.21 bits per heavy atom. The molecule has 19 heavy (non-hydrogen) atoms. The molecule has 1 fully saturated rings. The summed E-state index contributed by atoms with van der Waals surface area (Å²) in [6, 6.07) is 7.95. The highest BCUT2D eigenvalue weighted by atomic mass is 16.5. The summed E-state index contributed by atoms with van der Waals surface area (Å²) in [6.45, 7) is 0. The highest BCUT2D eigenvalue weighted by molar-refractivity contribution is 5.92. The van der Waals surface area contributed by atoms with E-state index in [-0.39, 0.29) is 5.91 Å². The van der Waals surface area contributed by atoms with Gasteiger partial charge < -0.3 is 14.6 Å². The molecule has 2 aromatic rings. The summed E-state index contributed by atoms with van der Waals surface area (Å²) in [5.41, 5.74) is 1.29. The lowest BCUT2D eigenvalue weighted by molar-refractivity contribution is 0.0946. The van der Waals surface area contributed by atoms with E-state index < -0.39 is 0 Å². The first kappa shape index (κ1) is 11.8. The summed E-state index contributed by atoms with van der Waals surface area (Å²) in [5, 5.41) is 2.92. The number of ether oxygens (including phenoxy) is 1. The van der Waals surface area contributed by atoms with Crippen LogP contribution in [0.1, 0.15) is 23.3 Å². The minimum absolute atomic E-state index is 0.115. The average molecular weight is 257 g/mol. The Bertz CT molecular complexity index is 602. The molecule has 0 unspecified atom stereocenters. The van der Waals surface area contributed by atoms with Gasteiger partial charge in [0.15, 0.2) is 0 Å². The number of nitrogens with zero attached hydrogens (tertiary/aromatic N) is 2. The molecule has 1 heterocycles. The number of imidazole rings is 1. The molecular weight excluding hydrogens is 242 g/mol. The zero-order chi connectivity index (χ0) is 13.2. The third kappa shape index (κ3) is 2.45. The molecule has 0 spiro atoms. The number of carbonyl (C=O) groups is 1. The van der Waals surface area contributed by atoms with Crippen LogP contribution in [0.2, 0.25) is 0 Å². The molecule has 1 N–H and O–H groups in total. The molecule has 1 aromatic carbocycles. The van der Waals surface area contributed by atoms with Crippen LogP contribution in [0.15, 0.2) is 36.8 Å². The molecule has 0 bridgehead atoms. The fourth-order valence-electron chi connectivity index (χ4n) is 1.90. The van der Waals surface area contributed by atoms with Crippen LogP contribution in [-0.2, 0) is 0 Å². The van der Waals surface area contributed by atoms with E-state index >= 15 is 0 Å². The highest BCUT2D eigenvalue weighted by Gasteiger charge is 2.24. The standard InChI is InChI=1S/C14H15N3O2/c1-19-13-5-3-2-4-12(13)17-8-11(15-9-17)14(18)16-10-6-7-10/h2-5,8-10H,6-7H2,1H3,(H,16,18). The predicted molar refractivity (Wildman–Crippen MR) is 70.6 cm³/mol. The van der Waals surface area contributed by atoms with E-state index in [0.717, 1.165) is 24.3 Å². The van der Waals surface area contributed by atoms with Gasteiger partial charge >= 0.3 is 0 Å². The fourth-order valence-corrected chi connectivity index (χ4v) is 1.90. The topological polar surface area (TPSA) is 56.2 Å². The minimum atomic E-state index is -0.115. The Kier molecular flexibility index (Phi) is 2.95. The average Bonchev–Trinajstić information content (AvgIpc) is 3.11. The maximum atomic E-state index is 11.9. The number of hydrogen-bond donors (Lipinski definition) is 1. The normalized spacial score (nSPS) is 14.2. The van der Waals surface area contributed by atoms with Gasteiger partial charge in [-0.25, -0.2) is 4.98 Å². The summed E-state index contributed by atoms with van der Waals surface area (Å²) in [6.07, 6.45) is 5.48. The fraction of sp³-hybridized carbons (Fsp3) is 0.286. The quantitative estimate of drug-likeness (QED) is 0.908. The Morgan fingerprint density at radius 3 is 2.95 bits per heavy atom. The minimum Gasteiger partial charge on any atom is -0.495 e. The first-order chi connectivity index (χ1) is 9.28. The summed E-state index contributed by atoms with van der Waals surface area (Å²) >= 11 is 0. The Morgan fingerprint density at radius 1 is 1.42 bits per heavy atom. The number of carbonyl (C=O) groups excluding carboxylic acids is 1. The van der Waals surface area contributed by atoms with Crippen molar-refractivity contribution in [2.75, 3.05) is 7.11 Å². The zero-order valence-corrected chi connectivity index (χ0v) is 10.7. The Labute approximate surface area is 111 Å². The second-order valence-corrected chi connectivity index (χ2v) is 4.59. The molecule has 0 aliphatic heterocycles.